The highest BCUT2D eigenvalue weighted by Gasteiger charge is 2.26. The zero-order valence-electron chi connectivity index (χ0n) is 10.4. The van der Waals surface area contributed by atoms with Crippen molar-refractivity contribution in [2.24, 2.45) is 5.73 Å². The van der Waals surface area contributed by atoms with Gasteiger partial charge < -0.3 is 16.4 Å². The Hall–Kier alpha value is -1.76. The zero-order chi connectivity index (χ0) is 14.5. The van der Waals surface area contributed by atoms with Crippen LogP contribution in [0.1, 0.15) is 24.9 Å². The van der Waals surface area contributed by atoms with Crippen molar-refractivity contribution in [3.63, 3.8) is 0 Å². The van der Waals surface area contributed by atoms with E-state index in [2.05, 4.69) is 10.6 Å². The van der Waals surface area contributed by atoms with Crippen LogP contribution in [-0.2, 0) is 0 Å². The third-order valence-corrected chi connectivity index (χ3v) is 2.54. The predicted octanol–water partition coefficient (Wildman–Crippen LogP) is 2.78. The SMILES string of the molecule is CC(NCCC(F)(F)F)c1ccc(NC(N)=O)cc1. The Labute approximate surface area is 109 Å². The summed E-state index contributed by atoms with van der Waals surface area (Å²) in [7, 11) is 0. The molecule has 4 N–H and O–H groups in total. The van der Waals surface area contributed by atoms with Crippen molar-refractivity contribution in [1.29, 1.82) is 0 Å². The van der Waals surface area contributed by atoms with Gasteiger partial charge in [-0.15, -0.1) is 0 Å². The lowest BCUT2D eigenvalue weighted by atomic mass is 10.1. The summed E-state index contributed by atoms with van der Waals surface area (Å²) in [6, 6.07) is 5.85. The Morgan fingerprint density at radius 3 is 2.37 bits per heavy atom. The first kappa shape index (κ1) is 15.3. The van der Waals surface area contributed by atoms with Crippen LogP contribution in [0.5, 0.6) is 0 Å². The quantitative estimate of drug-likeness (QED) is 0.773. The van der Waals surface area contributed by atoms with E-state index in [4.69, 9.17) is 5.73 Å². The molecule has 1 rings (SSSR count). The highest BCUT2D eigenvalue weighted by Crippen LogP contribution is 2.20. The third kappa shape index (κ3) is 6.10. The smallest absolute Gasteiger partial charge is 0.351 e. The summed E-state index contributed by atoms with van der Waals surface area (Å²) < 4.78 is 36.0. The monoisotopic (exact) mass is 275 g/mol. The molecule has 19 heavy (non-hydrogen) atoms. The number of carbonyl (C=O) groups is 1. The Morgan fingerprint density at radius 2 is 1.89 bits per heavy atom. The number of nitrogens with two attached hydrogens (primary N) is 1. The second kappa shape index (κ2) is 6.42. The molecule has 0 aromatic heterocycles. The molecule has 1 unspecified atom stereocenters. The molecular weight excluding hydrogens is 259 g/mol. The van der Waals surface area contributed by atoms with Crippen LogP contribution in [-0.4, -0.2) is 18.8 Å². The Morgan fingerprint density at radius 1 is 1.32 bits per heavy atom. The Balaban J connectivity index is 2.48. The van der Waals surface area contributed by atoms with Gasteiger partial charge in [-0.3, -0.25) is 0 Å². The maximum absolute atomic E-state index is 12.0. The molecule has 0 aliphatic heterocycles. The van der Waals surface area contributed by atoms with Gasteiger partial charge in [0.15, 0.2) is 0 Å². The standard InChI is InChI=1S/C12H16F3N3O/c1-8(17-7-6-12(13,14)15)9-2-4-10(5-3-9)18-11(16)19/h2-5,8,17H,6-7H2,1H3,(H3,16,18,19). The molecule has 4 nitrogen and oxygen atoms in total. The van der Waals surface area contributed by atoms with Gasteiger partial charge in [-0.2, -0.15) is 13.2 Å². The largest absolute Gasteiger partial charge is 0.390 e. The highest BCUT2D eigenvalue weighted by atomic mass is 19.4. The number of nitrogens with one attached hydrogen (secondary N) is 2. The van der Waals surface area contributed by atoms with E-state index in [1.807, 2.05) is 0 Å². The van der Waals surface area contributed by atoms with Crippen LogP contribution in [0.15, 0.2) is 24.3 Å². The van der Waals surface area contributed by atoms with Crippen LogP contribution in [0.4, 0.5) is 23.7 Å². The van der Waals surface area contributed by atoms with Gasteiger partial charge in [0.2, 0.25) is 0 Å². The minimum atomic E-state index is -4.15. The molecule has 0 saturated heterocycles. The summed E-state index contributed by atoms with van der Waals surface area (Å²) in [5, 5.41) is 5.19. The van der Waals surface area contributed by atoms with Crippen LogP contribution in [0.2, 0.25) is 0 Å². The third-order valence-electron chi connectivity index (χ3n) is 2.54. The number of alkyl halides is 3. The summed E-state index contributed by atoms with van der Waals surface area (Å²) in [6.45, 7) is 1.64. The van der Waals surface area contributed by atoms with Crippen LogP contribution < -0.4 is 16.4 Å². The molecule has 2 amide bonds. The number of primary amides is 1. The van der Waals surface area contributed by atoms with Gasteiger partial charge in [0.1, 0.15) is 0 Å². The number of urea groups is 1. The summed E-state index contributed by atoms with van der Waals surface area (Å²) in [6.07, 6.45) is -5.01. The molecule has 1 atom stereocenters. The average Bonchev–Trinajstić information content (AvgIpc) is 2.27. The molecule has 0 fully saturated rings. The minimum absolute atomic E-state index is 0.133. The van der Waals surface area contributed by atoms with Gasteiger partial charge in [-0.25, -0.2) is 4.79 Å². The molecule has 1 aromatic rings. The van der Waals surface area contributed by atoms with Crippen molar-refractivity contribution in [3.8, 4) is 0 Å². The molecule has 0 heterocycles. The lowest BCUT2D eigenvalue weighted by molar-refractivity contribution is -0.133. The lowest BCUT2D eigenvalue weighted by Gasteiger charge is -2.15. The van der Waals surface area contributed by atoms with Crippen molar-refractivity contribution in [1.82, 2.24) is 5.32 Å². The first-order chi connectivity index (χ1) is 8.78. The van der Waals surface area contributed by atoms with E-state index >= 15 is 0 Å². The van der Waals surface area contributed by atoms with Crippen LogP contribution in [0.3, 0.4) is 0 Å². The number of amides is 2. The van der Waals surface area contributed by atoms with Gasteiger partial charge in [0, 0.05) is 18.3 Å². The van der Waals surface area contributed by atoms with Gasteiger partial charge in [-0.1, -0.05) is 12.1 Å². The summed E-state index contributed by atoms with van der Waals surface area (Å²) in [5.74, 6) is 0. The van der Waals surface area contributed by atoms with Crippen LogP contribution in [0.25, 0.3) is 0 Å². The second-order valence-electron chi connectivity index (χ2n) is 4.15. The summed E-state index contributed by atoms with van der Waals surface area (Å²) >= 11 is 0. The van der Waals surface area contributed by atoms with Crippen molar-refractivity contribution in [2.75, 3.05) is 11.9 Å². The normalized spacial score (nSPS) is 13.1. The Kier molecular flexibility index (Phi) is 5.17. The molecule has 106 valence electrons. The fourth-order valence-corrected chi connectivity index (χ4v) is 1.55. The Bertz CT molecular complexity index is 417. The van der Waals surface area contributed by atoms with E-state index in [0.29, 0.717) is 5.69 Å². The van der Waals surface area contributed by atoms with E-state index in [-0.39, 0.29) is 12.6 Å². The molecule has 0 aliphatic rings. The van der Waals surface area contributed by atoms with Crippen molar-refractivity contribution in [2.45, 2.75) is 25.6 Å². The average molecular weight is 275 g/mol. The molecule has 7 heteroatoms. The number of rotatable bonds is 5. The molecule has 0 bridgehead atoms. The molecule has 0 aliphatic carbocycles. The minimum Gasteiger partial charge on any atom is -0.351 e. The predicted molar refractivity (Wildman–Crippen MR) is 66.7 cm³/mol. The molecule has 1 aromatic carbocycles. The van der Waals surface area contributed by atoms with Gasteiger partial charge in [0.05, 0.1) is 6.42 Å². The van der Waals surface area contributed by atoms with E-state index in [1.54, 1.807) is 31.2 Å². The summed E-state index contributed by atoms with van der Waals surface area (Å²) in [5.41, 5.74) is 6.33. The van der Waals surface area contributed by atoms with Crippen molar-refractivity contribution >= 4 is 11.7 Å². The lowest BCUT2D eigenvalue weighted by Crippen LogP contribution is -2.24. The fourth-order valence-electron chi connectivity index (χ4n) is 1.55. The van der Waals surface area contributed by atoms with Gasteiger partial charge >= 0.3 is 12.2 Å². The first-order valence-corrected chi connectivity index (χ1v) is 5.74. The number of benzene rings is 1. The van der Waals surface area contributed by atoms with Crippen LogP contribution in [0, 0.1) is 0 Å². The van der Waals surface area contributed by atoms with Crippen LogP contribution >= 0.6 is 0 Å². The van der Waals surface area contributed by atoms with Gasteiger partial charge in [-0.05, 0) is 24.6 Å². The van der Waals surface area contributed by atoms with Gasteiger partial charge in [0.25, 0.3) is 0 Å². The maximum atomic E-state index is 12.0. The van der Waals surface area contributed by atoms with E-state index in [0.717, 1.165) is 5.56 Å². The molecule has 0 saturated carbocycles. The number of halogens is 3. The maximum Gasteiger partial charge on any atom is 0.390 e. The first-order valence-electron chi connectivity index (χ1n) is 5.74. The number of hydrogen-bond donors (Lipinski definition) is 3. The van der Waals surface area contributed by atoms with E-state index in [1.165, 1.54) is 0 Å². The molecular formula is C12H16F3N3O. The number of hydrogen-bond acceptors (Lipinski definition) is 2. The van der Waals surface area contributed by atoms with E-state index < -0.39 is 18.6 Å². The number of anilines is 1. The second-order valence-corrected chi connectivity index (χ2v) is 4.15. The highest BCUT2D eigenvalue weighted by molar-refractivity contribution is 5.87. The molecule has 0 radical (unpaired) electrons. The van der Waals surface area contributed by atoms with E-state index in [9.17, 15) is 18.0 Å². The molecule has 0 spiro atoms. The topological polar surface area (TPSA) is 67.2 Å². The van der Waals surface area contributed by atoms with Crippen molar-refractivity contribution in [3.05, 3.63) is 29.8 Å². The summed E-state index contributed by atoms with van der Waals surface area (Å²) in [4.78, 5) is 10.6. The number of carbonyl (C=O) groups excluding carboxylic acids is 1. The zero-order valence-corrected chi connectivity index (χ0v) is 10.4. The van der Waals surface area contributed by atoms with Crippen molar-refractivity contribution < 1.29 is 18.0 Å². The fraction of sp³-hybridized carbons (Fsp3) is 0.417.